The third-order valence-electron chi connectivity index (χ3n) is 7.04. The summed E-state index contributed by atoms with van der Waals surface area (Å²) >= 11 is 0. The van der Waals surface area contributed by atoms with Crippen LogP contribution in [0.2, 0.25) is 0 Å². The number of aryl methyl sites for hydroxylation is 2. The van der Waals surface area contributed by atoms with Gasteiger partial charge in [0.15, 0.2) is 0 Å². The first-order valence-corrected chi connectivity index (χ1v) is 14.0. The van der Waals surface area contributed by atoms with Gasteiger partial charge in [-0.1, -0.05) is 48.0 Å². The number of carbonyl (C=O) groups excluding carboxylic acids is 1. The van der Waals surface area contributed by atoms with Crippen LogP contribution < -0.4 is 9.46 Å². The van der Waals surface area contributed by atoms with Crippen molar-refractivity contribution in [3.8, 4) is 5.75 Å². The highest BCUT2D eigenvalue weighted by molar-refractivity contribution is 7.90. The summed E-state index contributed by atoms with van der Waals surface area (Å²) in [6.07, 6.45) is -0.250. The summed E-state index contributed by atoms with van der Waals surface area (Å²) < 4.78 is 41.3. The van der Waals surface area contributed by atoms with Gasteiger partial charge in [0.25, 0.3) is 10.0 Å². The number of amides is 1. The first-order chi connectivity index (χ1) is 18.3. The highest BCUT2D eigenvalue weighted by Crippen LogP contribution is 2.43. The van der Waals surface area contributed by atoms with Crippen molar-refractivity contribution in [1.29, 1.82) is 0 Å². The van der Waals surface area contributed by atoms with Gasteiger partial charge < -0.3 is 9.47 Å². The van der Waals surface area contributed by atoms with E-state index < -0.39 is 28.0 Å². The fourth-order valence-electron chi connectivity index (χ4n) is 5.14. The molecule has 1 aliphatic heterocycles. The number of nitrogens with one attached hydrogen (secondary N) is 1. The van der Waals surface area contributed by atoms with E-state index in [2.05, 4.69) is 9.71 Å². The van der Waals surface area contributed by atoms with Crippen LogP contribution in [-0.2, 0) is 19.6 Å². The lowest BCUT2D eigenvalue weighted by Crippen LogP contribution is -2.42. The predicted octanol–water partition coefficient (Wildman–Crippen LogP) is 5.23. The van der Waals surface area contributed by atoms with Crippen LogP contribution in [0.1, 0.15) is 40.8 Å². The minimum atomic E-state index is -4.19. The fraction of sp³-hybridized carbons (Fsp3) is 0.267. The van der Waals surface area contributed by atoms with Gasteiger partial charge in [0.2, 0.25) is 5.91 Å². The van der Waals surface area contributed by atoms with Crippen LogP contribution in [-0.4, -0.2) is 33.0 Å². The third kappa shape index (κ3) is 5.14. The number of ether oxygens (including phenoxy) is 2. The largest absolute Gasteiger partial charge is 0.496 e. The number of pyridine rings is 1. The van der Waals surface area contributed by atoms with E-state index in [-0.39, 0.29) is 10.8 Å². The second-order valence-electron chi connectivity index (χ2n) is 9.69. The van der Waals surface area contributed by atoms with Crippen molar-refractivity contribution in [2.75, 3.05) is 13.7 Å². The average molecular weight is 531 g/mol. The quantitative estimate of drug-likeness (QED) is 0.367. The molecule has 0 spiro atoms. The highest BCUT2D eigenvalue weighted by Gasteiger charge is 2.40. The molecule has 5 rings (SSSR count). The Kier molecular flexibility index (Phi) is 7.19. The van der Waals surface area contributed by atoms with Crippen molar-refractivity contribution in [3.63, 3.8) is 0 Å². The van der Waals surface area contributed by atoms with E-state index in [0.717, 1.165) is 22.4 Å². The molecule has 38 heavy (non-hydrogen) atoms. The molecule has 0 bridgehead atoms. The third-order valence-corrected chi connectivity index (χ3v) is 8.44. The van der Waals surface area contributed by atoms with Gasteiger partial charge in [-0.2, -0.15) is 0 Å². The Morgan fingerprint density at radius 1 is 1.00 bits per heavy atom. The SMILES string of the molecule is COc1ccc(C)cc1[C@H]1OC[C@@H](c2ccccc2)C[C@H]1C(=O)NS(=O)(=O)c1cccc2nc(C)ccc12. The number of hydrogen-bond acceptors (Lipinski definition) is 6. The van der Waals surface area contributed by atoms with Gasteiger partial charge >= 0.3 is 0 Å². The number of hydrogen-bond donors (Lipinski definition) is 1. The Morgan fingerprint density at radius 2 is 1.79 bits per heavy atom. The average Bonchev–Trinajstić information content (AvgIpc) is 2.92. The molecule has 7 nitrogen and oxygen atoms in total. The van der Waals surface area contributed by atoms with E-state index in [4.69, 9.17) is 9.47 Å². The van der Waals surface area contributed by atoms with Gasteiger partial charge in [-0.25, -0.2) is 13.1 Å². The molecule has 0 unspecified atom stereocenters. The number of methoxy groups -OCH3 is 1. The number of sulfonamides is 1. The molecule has 0 saturated carbocycles. The van der Waals surface area contributed by atoms with Crippen molar-refractivity contribution < 1.29 is 22.7 Å². The lowest BCUT2D eigenvalue weighted by atomic mass is 9.81. The maximum absolute atomic E-state index is 13.8. The Hall–Kier alpha value is -3.75. The van der Waals surface area contributed by atoms with Crippen LogP contribution in [0.15, 0.2) is 83.8 Å². The van der Waals surface area contributed by atoms with Crippen molar-refractivity contribution in [2.45, 2.75) is 37.2 Å². The predicted molar refractivity (Wildman–Crippen MR) is 146 cm³/mol. The monoisotopic (exact) mass is 530 g/mol. The summed E-state index contributed by atoms with van der Waals surface area (Å²) in [6.45, 7) is 4.19. The highest BCUT2D eigenvalue weighted by atomic mass is 32.2. The minimum Gasteiger partial charge on any atom is -0.496 e. The van der Waals surface area contributed by atoms with Crippen LogP contribution in [0.25, 0.3) is 10.9 Å². The van der Waals surface area contributed by atoms with E-state index in [1.807, 2.05) is 62.4 Å². The Bertz CT molecular complexity index is 1590. The smallest absolute Gasteiger partial charge is 0.264 e. The summed E-state index contributed by atoms with van der Waals surface area (Å²) in [6, 6.07) is 23.9. The van der Waals surface area contributed by atoms with Gasteiger partial charge in [0.1, 0.15) is 5.75 Å². The molecule has 2 heterocycles. The molecule has 0 radical (unpaired) electrons. The molecule has 1 fully saturated rings. The summed E-state index contributed by atoms with van der Waals surface area (Å²) in [5, 5.41) is 0.456. The Labute approximate surface area is 222 Å². The molecule has 1 amide bonds. The molecule has 196 valence electrons. The molecule has 1 N–H and O–H groups in total. The zero-order valence-electron chi connectivity index (χ0n) is 21.5. The van der Waals surface area contributed by atoms with Gasteiger partial charge in [0.05, 0.1) is 36.2 Å². The molecule has 1 saturated heterocycles. The number of carbonyl (C=O) groups is 1. The molecular weight excluding hydrogens is 500 g/mol. The number of benzene rings is 3. The van der Waals surface area contributed by atoms with E-state index in [9.17, 15) is 13.2 Å². The van der Waals surface area contributed by atoms with Gasteiger partial charge in [0, 0.05) is 22.6 Å². The minimum absolute atomic E-state index is 0.0110. The maximum Gasteiger partial charge on any atom is 0.264 e. The fourth-order valence-corrected chi connectivity index (χ4v) is 6.39. The Morgan fingerprint density at radius 3 is 2.55 bits per heavy atom. The summed E-state index contributed by atoms with van der Waals surface area (Å²) in [7, 11) is -2.62. The lowest BCUT2D eigenvalue weighted by molar-refractivity contribution is -0.134. The van der Waals surface area contributed by atoms with Crippen molar-refractivity contribution >= 4 is 26.8 Å². The first-order valence-electron chi connectivity index (χ1n) is 12.5. The second kappa shape index (κ2) is 10.6. The molecule has 0 aliphatic carbocycles. The Balaban J connectivity index is 1.51. The number of rotatable bonds is 6. The molecule has 4 aromatic rings. The van der Waals surface area contributed by atoms with E-state index in [1.54, 1.807) is 31.4 Å². The van der Waals surface area contributed by atoms with Crippen LogP contribution in [0, 0.1) is 19.8 Å². The second-order valence-corrected chi connectivity index (χ2v) is 11.3. The van der Waals surface area contributed by atoms with Gasteiger partial charge in [-0.15, -0.1) is 0 Å². The molecule has 3 atom stereocenters. The van der Waals surface area contributed by atoms with E-state index >= 15 is 0 Å². The van der Waals surface area contributed by atoms with E-state index in [0.29, 0.717) is 29.7 Å². The summed E-state index contributed by atoms with van der Waals surface area (Å²) in [5.41, 5.74) is 4.07. The van der Waals surface area contributed by atoms with Crippen molar-refractivity contribution in [2.24, 2.45) is 5.92 Å². The van der Waals surface area contributed by atoms with Crippen molar-refractivity contribution in [1.82, 2.24) is 9.71 Å². The van der Waals surface area contributed by atoms with Gasteiger partial charge in [-0.05, 0) is 62.2 Å². The van der Waals surface area contributed by atoms with E-state index in [1.165, 1.54) is 6.07 Å². The van der Waals surface area contributed by atoms with Crippen LogP contribution in [0.3, 0.4) is 0 Å². The number of fused-ring (bicyclic) bond motifs is 1. The van der Waals surface area contributed by atoms with Crippen LogP contribution in [0.5, 0.6) is 5.75 Å². The van der Waals surface area contributed by atoms with Gasteiger partial charge in [-0.3, -0.25) is 9.78 Å². The number of nitrogens with zero attached hydrogens (tertiary/aromatic N) is 1. The number of aromatic nitrogens is 1. The van der Waals surface area contributed by atoms with Crippen LogP contribution in [0.4, 0.5) is 0 Å². The molecule has 1 aliphatic rings. The van der Waals surface area contributed by atoms with Crippen molar-refractivity contribution in [3.05, 3.63) is 101 Å². The lowest BCUT2D eigenvalue weighted by Gasteiger charge is -2.36. The molecule has 1 aromatic heterocycles. The summed E-state index contributed by atoms with van der Waals surface area (Å²) in [4.78, 5) is 18.2. The topological polar surface area (TPSA) is 94.6 Å². The standard InChI is InChI=1S/C30H30N2O5S/c1-19-12-15-27(36-3)24(16-19)29-25(17-22(18-37-29)21-8-5-4-6-9-21)30(33)32-38(34,35)28-11-7-10-26-23(28)14-13-20(2)31-26/h4-16,22,25,29H,17-18H2,1-3H3,(H,32,33)/t22-,25+,29+/m0/s1. The molecule has 3 aromatic carbocycles. The molecular formula is C30H30N2O5S. The zero-order valence-corrected chi connectivity index (χ0v) is 22.4. The van der Waals surface area contributed by atoms with Crippen LogP contribution >= 0.6 is 0 Å². The normalized spacial score (nSPS) is 19.7. The maximum atomic E-state index is 13.8. The first kappa shape index (κ1) is 25.9. The molecule has 8 heteroatoms. The summed E-state index contributed by atoms with van der Waals surface area (Å²) in [5.74, 6) is -0.854. The zero-order chi connectivity index (χ0) is 26.9.